The van der Waals surface area contributed by atoms with Gasteiger partial charge < -0.3 is 9.84 Å². The fourth-order valence-corrected chi connectivity index (χ4v) is 2.72. The lowest BCUT2D eigenvalue weighted by molar-refractivity contribution is -0.140. The Hall–Kier alpha value is -2.62. The van der Waals surface area contributed by atoms with Crippen LogP contribution >= 0.6 is 0 Å². The minimum absolute atomic E-state index is 0.457. The third-order valence-electron chi connectivity index (χ3n) is 3.70. The van der Waals surface area contributed by atoms with E-state index in [2.05, 4.69) is 0 Å². The van der Waals surface area contributed by atoms with Gasteiger partial charge in [0.2, 0.25) is 0 Å². The van der Waals surface area contributed by atoms with Gasteiger partial charge >= 0.3 is 5.97 Å². The monoisotopic (exact) mass is 282 g/mol. The second-order valence-electron chi connectivity index (χ2n) is 5.08. The number of carbonyl (C=O) groups excluding carboxylic acids is 1. The maximum atomic E-state index is 11.6. The lowest BCUT2D eigenvalue weighted by atomic mass is 9.91. The van der Waals surface area contributed by atoms with Crippen molar-refractivity contribution in [2.24, 2.45) is 0 Å². The van der Waals surface area contributed by atoms with Crippen molar-refractivity contribution in [2.75, 3.05) is 0 Å². The molecule has 21 heavy (non-hydrogen) atoms. The van der Waals surface area contributed by atoms with Crippen molar-refractivity contribution in [3.05, 3.63) is 65.2 Å². The highest BCUT2D eigenvalue weighted by Crippen LogP contribution is 2.40. The van der Waals surface area contributed by atoms with Crippen molar-refractivity contribution < 1.29 is 19.4 Å². The van der Waals surface area contributed by atoms with Gasteiger partial charge in [-0.3, -0.25) is 9.59 Å². The molecule has 1 aliphatic rings. The Kier molecular flexibility index (Phi) is 3.44. The second kappa shape index (κ2) is 5.40. The van der Waals surface area contributed by atoms with Crippen LogP contribution < -0.4 is 4.74 Å². The summed E-state index contributed by atoms with van der Waals surface area (Å²) >= 11 is 0. The van der Waals surface area contributed by atoms with E-state index >= 15 is 0 Å². The van der Waals surface area contributed by atoms with Crippen LogP contribution in [0.1, 0.15) is 27.4 Å². The summed E-state index contributed by atoms with van der Waals surface area (Å²) in [6.45, 7) is 0. The van der Waals surface area contributed by atoms with Crippen LogP contribution in [0.2, 0.25) is 0 Å². The fraction of sp³-hybridized carbons (Fsp3) is 0.176. The number of rotatable bonds is 4. The smallest absolute Gasteiger partial charge is 0.314 e. The van der Waals surface area contributed by atoms with Gasteiger partial charge in [0.05, 0.1) is 0 Å². The molecule has 0 saturated carbocycles. The summed E-state index contributed by atoms with van der Waals surface area (Å²) in [6.07, 6.45) is 0.772. The van der Waals surface area contributed by atoms with E-state index in [9.17, 15) is 14.7 Å². The third kappa shape index (κ3) is 2.52. The van der Waals surface area contributed by atoms with E-state index in [0.717, 1.165) is 5.56 Å². The van der Waals surface area contributed by atoms with Crippen LogP contribution in [0, 0.1) is 0 Å². The van der Waals surface area contributed by atoms with Crippen LogP contribution in [0.15, 0.2) is 48.5 Å². The number of carboxylic acid groups (broad SMARTS) is 1. The molecule has 106 valence electrons. The van der Waals surface area contributed by atoms with Gasteiger partial charge in [-0.05, 0) is 23.8 Å². The molecule has 4 heteroatoms. The summed E-state index contributed by atoms with van der Waals surface area (Å²) in [5.41, 5.74) is 2.06. The molecule has 1 N–H and O–H groups in total. The molecule has 0 spiro atoms. The van der Waals surface area contributed by atoms with Crippen LogP contribution in [-0.2, 0) is 11.2 Å². The van der Waals surface area contributed by atoms with E-state index in [1.54, 1.807) is 18.2 Å². The molecular weight excluding hydrogens is 268 g/mol. The first-order valence-corrected chi connectivity index (χ1v) is 6.71. The summed E-state index contributed by atoms with van der Waals surface area (Å²) in [7, 11) is 0. The molecule has 4 nitrogen and oxygen atoms in total. The van der Waals surface area contributed by atoms with Gasteiger partial charge in [0, 0.05) is 17.5 Å². The van der Waals surface area contributed by atoms with Crippen LogP contribution in [0.3, 0.4) is 0 Å². The largest absolute Gasteiger partial charge is 0.489 e. The highest BCUT2D eigenvalue weighted by atomic mass is 16.5. The number of ether oxygens (including phenoxy) is 1. The zero-order valence-corrected chi connectivity index (χ0v) is 11.2. The first kappa shape index (κ1) is 13.4. The van der Waals surface area contributed by atoms with Gasteiger partial charge in [-0.25, -0.2) is 0 Å². The topological polar surface area (TPSA) is 63.6 Å². The number of carbonyl (C=O) groups is 2. The van der Waals surface area contributed by atoms with Gasteiger partial charge in [-0.1, -0.05) is 30.3 Å². The van der Waals surface area contributed by atoms with Gasteiger partial charge in [0.25, 0.3) is 0 Å². The van der Waals surface area contributed by atoms with Gasteiger partial charge in [-0.2, -0.15) is 0 Å². The summed E-state index contributed by atoms with van der Waals surface area (Å²) in [6, 6.07) is 14.5. The van der Waals surface area contributed by atoms with Crippen molar-refractivity contribution in [3.8, 4) is 5.75 Å². The van der Waals surface area contributed by atoms with Crippen molar-refractivity contribution in [1.82, 2.24) is 0 Å². The van der Waals surface area contributed by atoms with Crippen molar-refractivity contribution >= 4 is 12.3 Å². The molecule has 2 aromatic rings. The van der Waals surface area contributed by atoms with Gasteiger partial charge in [0.15, 0.2) is 0 Å². The highest BCUT2D eigenvalue weighted by Gasteiger charge is 2.39. The average Bonchev–Trinajstić information content (AvgIpc) is 2.85. The zero-order valence-electron chi connectivity index (χ0n) is 11.2. The standard InChI is InChI=1S/C17H14O4/c18-10-12-6-7-14-13(8-12)16(17(19)20)15(21-14)9-11-4-2-1-3-5-11/h1-8,10,15-16H,9H2,(H,19,20)/t15-,16+/m0/s1. The van der Waals surface area contributed by atoms with Crippen LogP contribution in [0.4, 0.5) is 0 Å². The lowest BCUT2D eigenvalue weighted by Crippen LogP contribution is -2.27. The number of carboxylic acids is 1. The Morgan fingerprint density at radius 3 is 2.62 bits per heavy atom. The zero-order chi connectivity index (χ0) is 14.8. The number of aldehydes is 1. The van der Waals surface area contributed by atoms with Crippen molar-refractivity contribution in [3.63, 3.8) is 0 Å². The minimum Gasteiger partial charge on any atom is -0.489 e. The molecule has 2 aromatic carbocycles. The summed E-state index contributed by atoms with van der Waals surface area (Å²) < 4.78 is 5.79. The minimum atomic E-state index is -0.933. The van der Waals surface area contributed by atoms with E-state index in [0.29, 0.717) is 29.6 Å². The Labute approximate surface area is 122 Å². The van der Waals surface area contributed by atoms with Crippen LogP contribution in [-0.4, -0.2) is 23.5 Å². The van der Waals surface area contributed by atoms with Crippen molar-refractivity contribution in [1.29, 1.82) is 0 Å². The Morgan fingerprint density at radius 1 is 1.19 bits per heavy atom. The van der Waals surface area contributed by atoms with Crippen molar-refractivity contribution in [2.45, 2.75) is 18.4 Å². The number of hydrogen-bond donors (Lipinski definition) is 1. The molecule has 0 bridgehead atoms. The Balaban J connectivity index is 1.93. The molecule has 0 unspecified atom stereocenters. The Bertz CT molecular complexity index is 678. The first-order chi connectivity index (χ1) is 10.2. The molecule has 0 fully saturated rings. The highest BCUT2D eigenvalue weighted by molar-refractivity contribution is 5.82. The van der Waals surface area contributed by atoms with E-state index in [1.165, 1.54) is 0 Å². The molecule has 0 amide bonds. The quantitative estimate of drug-likeness (QED) is 0.876. The molecule has 2 atom stereocenters. The maximum absolute atomic E-state index is 11.6. The molecule has 0 aliphatic carbocycles. The first-order valence-electron chi connectivity index (χ1n) is 6.71. The average molecular weight is 282 g/mol. The maximum Gasteiger partial charge on any atom is 0.314 e. The molecular formula is C17H14O4. The number of aliphatic carboxylic acids is 1. The summed E-state index contributed by atoms with van der Waals surface area (Å²) in [5.74, 6) is -1.13. The second-order valence-corrected chi connectivity index (χ2v) is 5.08. The predicted octanol–water partition coefficient (Wildman–Crippen LogP) is 2.67. The Morgan fingerprint density at radius 2 is 1.95 bits per heavy atom. The SMILES string of the molecule is O=Cc1ccc2c(c1)[C@@H](C(=O)O)[C@H](Cc1ccccc1)O2. The number of benzene rings is 2. The van der Waals surface area contributed by atoms with E-state index < -0.39 is 18.0 Å². The van der Waals surface area contributed by atoms with Gasteiger partial charge in [0.1, 0.15) is 24.1 Å². The molecule has 0 radical (unpaired) electrons. The van der Waals surface area contributed by atoms with Crippen LogP contribution in [0.25, 0.3) is 0 Å². The third-order valence-corrected chi connectivity index (χ3v) is 3.70. The number of hydrogen-bond acceptors (Lipinski definition) is 3. The predicted molar refractivity (Wildman–Crippen MR) is 76.8 cm³/mol. The molecule has 1 aliphatic heterocycles. The van der Waals surface area contributed by atoms with Crippen LogP contribution in [0.5, 0.6) is 5.75 Å². The lowest BCUT2D eigenvalue weighted by Gasteiger charge is -2.15. The molecule has 3 rings (SSSR count). The summed E-state index contributed by atoms with van der Waals surface area (Å²) in [4.78, 5) is 22.5. The fourth-order valence-electron chi connectivity index (χ4n) is 2.72. The van der Waals surface area contributed by atoms with E-state index in [-0.39, 0.29) is 0 Å². The van der Waals surface area contributed by atoms with Gasteiger partial charge in [-0.15, -0.1) is 0 Å². The van der Waals surface area contributed by atoms with E-state index in [1.807, 2.05) is 30.3 Å². The van der Waals surface area contributed by atoms with E-state index in [4.69, 9.17) is 4.74 Å². The molecule has 0 saturated heterocycles. The summed E-state index contributed by atoms with van der Waals surface area (Å²) in [5, 5.41) is 9.50. The number of fused-ring (bicyclic) bond motifs is 1. The molecule has 1 heterocycles. The molecule has 0 aromatic heterocycles. The normalized spacial score (nSPS) is 19.6.